The second-order valence-electron chi connectivity index (χ2n) is 9.05. The van der Waals surface area contributed by atoms with E-state index in [1.54, 1.807) is 0 Å². The van der Waals surface area contributed by atoms with Gasteiger partial charge in [-0.05, 0) is 24.5 Å². The average molecular weight is 553 g/mol. The summed E-state index contributed by atoms with van der Waals surface area (Å²) in [7, 11) is 0. The van der Waals surface area contributed by atoms with Crippen molar-refractivity contribution in [2.45, 2.75) is 58.8 Å². The minimum absolute atomic E-state index is 0.0329. The van der Waals surface area contributed by atoms with Gasteiger partial charge >= 0.3 is 0 Å². The Kier molecular flexibility index (Phi) is 9.54. The lowest BCUT2D eigenvalue weighted by Crippen LogP contribution is -2.26. The molecule has 0 radical (unpaired) electrons. The molecule has 3 rings (SSSR count). The van der Waals surface area contributed by atoms with Crippen LogP contribution in [0.1, 0.15) is 58.8 Å². The summed E-state index contributed by atoms with van der Waals surface area (Å²) in [6.07, 6.45) is 4.85. The first-order chi connectivity index (χ1) is 18.0. The van der Waals surface area contributed by atoms with E-state index < -0.39 is 86.9 Å². The maximum Gasteiger partial charge on any atom is 0.198 e. The molecular weight excluding hydrogens is 528 g/mol. The SMILES string of the molecule is CCCCCCC(CC)CCN(c1c(F)ccc(F)c1F)c1c(F)c(F)c2c(F)c(F)c(F)c(F)c2c1F. The van der Waals surface area contributed by atoms with Gasteiger partial charge in [-0.25, -0.2) is 43.9 Å². The molecule has 0 aliphatic heterocycles. The third-order valence-electron chi connectivity index (χ3n) is 6.68. The maximum absolute atomic E-state index is 15.6. The molecule has 0 aromatic heterocycles. The molecule has 0 saturated carbocycles. The van der Waals surface area contributed by atoms with Crippen LogP contribution in [0, 0.1) is 64.1 Å². The molecule has 208 valence electrons. The zero-order chi connectivity index (χ0) is 28.3. The van der Waals surface area contributed by atoms with E-state index in [1.807, 2.05) is 13.8 Å². The second kappa shape index (κ2) is 12.3. The standard InChI is InChI=1S/C27H25F10N/c1-3-5-6-7-8-13(4-2)11-12-38(26-15(29)10-9-14(28)18(26)30)27-22(34)17-16(21(33)25(27)37)19(31)23(35)24(36)20(17)32/h9-10,13H,3-8,11-12H2,1-2H3. The highest BCUT2D eigenvalue weighted by molar-refractivity contribution is 5.90. The lowest BCUT2D eigenvalue weighted by Gasteiger charge is -2.29. The summed E-state index contributed by atoms with van der Waals surface area (Å²) in [5.74, 6) is -21.6. The van der Waals surface area contributed by atoms with Gasteiger partial charge in [-0.3, -0.25) is 0 Å². The Hall–Kier alpha value is -2.98. The lowest BCUT2D eigenvalue weighted by molar-refractivity contribution is 0.409. The van der Waals surface area contributed by atoms with Gasteiger partial charge in [0.15, 0.2) is 52.4 Å². The van der Waals surface area contributed by atoms with Crippen LogP contribution in [0.2, 0.25) is 0 Å². The van der Waals surface area contributed by atoms with Crippen molar-refractivity contribution in [3.8, 4) is 0 Å². The molecule has 3 aromatic rings. The molecule has 3 aromatic carbocycles. The average Bonchev–Trinajstić information content (AvgIpc) is 2.89. The smallest absolute Gasteiger partial charge is 0.198 e. The van der Waals surface area contributed by atoms with Gasteiger partial charge in [0.05, 0.1) is 10.8 Å². The van der Waals surface area contributed by atoms with Crippen LogP contribution in [0.3, 0.4) is 0 Å². The number of halogens is 10. The van der Waals surface area contributed by atoms with E-state index in [4.69, 9.17) is 0 Å². The van der Waals surface area contributed by atoms with Gasteiger partial charge in [0, 0.05) is 6.54 Å². The van der Waals surface area contributed by atoms with Crippen molar-refractivity contribution >= 4 is 22.1 Å². The van der Waals surface area contributed by atoms with Crippen molar-refractivity contribution in [1.29, 1.82) is 0 Å². The molecule has 38 heavy (non-hydrogen) atoms. The van der Waals surface area contributed by atoms with Crippen LogP contribution in [0.25, 0.3) is 10.8 Å². The monoisotopic (exact) mass is 553 g/mol. The van der Waals surface area contributed by atoms with Crippen LogP contribution in [0.15, 0.2) is 12.1 Å². The molecule has 0 spiro atoms. The first-order valence-corrected chi connectivity index (χ1v) is 12.2. The molecule has 1 atom stereocenters. The van der Waals surface area contributed by atoms with E-state index in [0.29, 0.717) is 25.0 Å². The zero-order valence-corrected chi connectivity index (χ0v) is 20.6. The minimum Gasteiger partial charge on any atom is -0.332 e. The van der Waals surface area contributed by atoms with Gasteiger partial charge in [-0.2, -0.15) is 0 Å². The van der Waals surface area contributed by atoms with E-state index in [2.05, 4.69) is 0 Å². The molecule has 0 aliphatic carbocycles. The van der Waals surface area contributed by atoms with Gasteiger partial charge in [-0.15, -0.1) is 0 Å². The van der Waals surface area contributed by atoms with Crippen molar-refractivity contribution in [2.75, 3.05) is 11.4 Å². The molecule has 0 amide bonds. The summed E-state index contributed by atoms with van der Waals surface area (Å²) in [4.78, 5) is 0.244. The predicted molar refractivity (Wildman–Crippen MR) is 124 cm³/mol. The number of rotatable bonds is 11. The van der Waals surface area contributed by atoms with Crippen LogP contribution in [0.4, 0.5) is 55.3 Å². The van der Waals surface area contributed by atoms with Gasteiger partial charge in [0.1, 0.15) is 17.2 Å². The molecular formula is C27H25F10N. The molecule has 0 aliphatic rings. The van der Waals surface area contributed by atoms with Gasteiger partial charge in [-0.1, -0.05) is 52.4 Å². The Morgan fingerprint density at radius 2 is 1.11 bits per heavy atom. The van der Waals surface area contributed by atoms with Crippen LogP contribution in [0.5, 0.6) is 0 Å². The number of benzene rings is 3. The molecule has 0 N–H and O–H groups in total. The Labute approximate surface area is 213 Å². The van der Waals surface area contributed by atoms with E-state index in [9.17, 15) is 35.1 Å². The first-order valence-electron chi connectivity index (χ1n) is 12.2. The number of nitrogens with zero attached hydrogens (tertiary/aromatic N) is 1. The summed E-state index contributed by atoms with van der Waals surface area (Å²) >= 11 is 0. The van der Waals surface area contributed by atoms with E-state index in [1.165, 1.54) is 0 Å². The van der Waals surface area contributed by atoms with Crippen LogP contribution >= 0.6 is 0 Å². The topological polar surface area (TPSA) is 3.24 Å². The summed E-state index contributed by atoms with van der Waals surface area (Å²) in [5, 5.41) is -3.66. The fraction of sp³-hybridized carbons (Fsp3) is 0.407. The summed E-state index contributed by atoms with van der Waals surface area (Å²) in [6.45, 7) is 3.22. The summed E-state index contributed by atoms with van der Waals surface area (Å²) in [5.41, 5.74) is -2.92. The predicted octanol–water partition coefficient (Wildman–Crippen LogP) is 9.76. The molecule has 0 bridgehead atoms. The normalized spacial score (nSPS) is 12.4. The Bertz CT molecular complexity index is 1320. The van der Waals surface area contributed by atoms with E-state index in [0.717, 1.165) is 25.7 Å². The summed E-state index contributed by atoms with van der Waals surface area (Å²) in [6, 6.07) is 0.876. The van der Waals surface area contributed by atoms with Crippen molar-refractivity contribution < 1.29 is 43.9 Å². The molecule has 0 fully saturated rings. The minimum atomic E-state index is -2.51. The number of hydrogen-bond donors (Lipinski definition) is 0. The number of fused-ring (bicyclic) bond motifs is 1. The van der Waals surface area contributed by atoms with Crippen molar-refractivity contribution in [2.24, 2.45) is 5.92 Å². The van der Waals surface area contributed by atoms with Crippen molar-refractivity contribution in [1.82, 2.24) is 0 Å². The largest absolute Gasteiger partial charge is 0.332 e. The molecule has 1 unspecified atom stereocenters. The third kappa shape index (κ3) is 5.42. The van der Waals surface area contributed by atoms with E-state index >= 15 is 8.78 Å². The van der Waals surface area contributed by atoms with Crippen LogP contribution in [-0.4, -0.2) is 6.54 Å². The van der Waals surface area contributed by atoms with Gasteiger partial charge in [0.25, 0.3) is 0 Å². The van der Waals surface area contributed by atoms with Crippen LogP contribution in [-0.2, 0) is 0 Å². The van der Waals surface area contributed by atoms with Crippen molar-refractivity contribution in [3.05, 3.63) is 70.3 Å². The fourth-order valence-electron chi connectivity index (χ4n) is 4.53. The highest BCUT2D eigenvalue weighted by atomic mass is 19.2. The quantitative estimate of drug-likeness (QED) is 0.0989. The number of unbranched alkanes of at least 4 members (excludes halogenated alkanes) is 3. The Morgan fingerprint density at radius 1 is 0.553 bits per heavy atom. The molecule has 0 saturated heterocycles. The summed E-state index contributed by atoms with van der Waals surface area (Å²) < 4.78 is 146. The Balaban J connectivity index is 2.24. The highest BCUT2D eigenvalue weighted by Gasteiger charge is 2.34. The number of hydrogen-bond acceptors (Lipinski definition) is 1. The highest BCUT2D eigenvalue weighted by Crippen LogP contribution is 2.42. The van der Waals surface area contributed by atoms with Crippen LogP contribution < -0.4 is 4.90 Å². The molecule has 11 heteroatoms. The van der Waals surface area contributed by atoms with Gasteiger partial charge < -0.3 is 4.90 Å². The van der Waals surface area contributed by atoms with E-state index in [-0.39, 0.29) is 17.2 Å². The van der Waals surface area contributed by atoms with Gasteiger partial charge in [0.2, 0.25) is 0 Å². The molecule has 0 heterocycles. The second-order valence-corrected chi connectivity index (χ2v) is 9.05. The number of anilines is 2. The maximum atomic E-state index is 15.6. The van der Waals surface area contributed by atoms with Crippen molar-refractivity contribution in [3.63, 3.8) is 0 Å². The fourth-order valence-corrected chi connectivity index (χ4v) is 4.53. The zero-order valence-electron chi connectivity index (χ0n) is 20.6. The Morgan fingerprint density at radius 3 is 1.68 bits per heavy atom. The molecule has 1 nitrogen and oxygen atoms in total. The lowest BCUT2D eigenvalue weighted by atomic mass is 9.94. The first kappa shape index (κ1) is 29.6. The third-order valence-corrected chi connectivity index (χ3v) is 6.68.